The Morgan fingerprint density at radius 2 is 1.81 bits per heavy atom. The molecule has 0 bridgehead atoms. The molecule has 1 N–H and O–H groups in total. The molecule has 0 rings (SSSR count). The van der Waals surface area contributed by atoms with Crippen molar-refractivity contribution in [3.05, 3.63) is 0 Å². The molecule has 0 saturated carbocycles. The molecule has 0 saturated heterocycles. The number of nitrogens with one attached hydrogen (secondary N) is 1. The van der Waals surface area contributed by atoms with Gasteiger partial charge in [-0.3, -0.25) is 4.79 Å². The first-order valence-electron chi connectivity index (χ1n) is 6.16. The second-order valence-electron chi connectivity index (χ2n) is 4.56. The average molecular weight is 229 g/mol. The van der Waals surface area contributed by atoms with E-state index in [1.54, 1.807) is 0 Å². The molecule has 0 fully saturated rings. The lowest BCUT2D eigenvalue weighted by Gasteiger charge is -2.16. The Balaban J connectivity index is 3.42. The van der Waals surface area contributed by atoms with Gasteiger partial charge in [-0.2, -0.15) is 0 Å². The van der Waals surface area contributed by atoms with Crippen LogP contribution in [0.1, 0.15) is 26.2 Å². The summed E-state index contributed by atoms with van der Waals surface area (Å²) in [7, 11) is 6.08. The monoisotopic (exact) mass is 229 g/mol. The van der Waals surface area contributed by atoms with Crippen LogP contribution in [0.4, 0.5) is 0 Å². The van der Waals surface area contributed by atoms with Crippen molar-refractivity contribution in [3.8, 4) is 0 Å². The molecule has 0 aliphatic heterocycles. The van der Waals surface area contributed by atoms with Gasteiger partial charge in [0.2, 0.25) is 5.91 Å². The Morgan fingerprint density at radius 3 is 2.38 bits per heavy atom. The van der Waals surface area contributed by atoms with E-state index in [2.05, 4.69) is 29.1 Å². The number of likely N-dealkylation sites (N-methyl/N-ethyl adjacent to an activating group) is 1. The molecule has 0 aromatic rings. The zero-order valence-corrected chi connectivity index (χ0v) is 11.3. The summed E-state index contributed by atoms with van der Waals surface area (Å²) in [6, 6.07) is 0. The van der Waals surface area contributed by atoms with Crippen molar-refractivity contribution in [2.24, 2.45) is 0 Å². The molecule has 0 aliphatic carbocycles. The Labute approximate surface area is 100.0 Å². The summed E-state index contributed by atoms with van der Waals surface area (Å²) in [5, 5.41) is 2.92. The highest BCUT2D eigenvalue weighted by atomic mass is 16.1. The van der Waals surface area contributed by atoms with Crippen LogP contribution >= 0.6 is 0 Å². The van der Waals surface area contributed by atoms with E-state index in [0.29, 0.717) is 6.42 Å². The van der Waals surface area contributed by atoms with Gasteiger partial charge in [-0.25, -0.2) is 0 Å². The van der Waals surface area contributed by atoms with Gasteiger partial charge in [0.05, 0.1) is 0 Å². The van der Waals surface area contributed by atoms with Gasteiger partial charge in [0.15, 0.2) is 0 Å². The molecule has 0 unspecified atom stereocenters. The van der Waals surface area contributed by atoms with Gasteiger partial charge in [-0.05, 0) is 34.1 Å². The molecule has 0 atom stereocenters. The minimum atomic E-state index is 0.158. The highest BCUT2D eigenvalue weighted by molar-refractivity contribution is 5.76. The van der Waals surface area contributed by atoms with Crippen LogP contribution in [0.2, 0.25) is 0 Å². The summed E-state index contributed by atoms with van der Waals surface area (Å²) in [5.41, 5.74) is 0. The zero-order chi connectivity index (χ0) is 12.4. The van der Waals surface area contributed by atoms with E-state index in [0.717, 1.165) is 26.2 Å². The van der Waals surface area contributed by atoms with E-state index in [4.69, 9.17) is 0 Å². The number of hydrogen-bond donors (Lipinski definition) is 1. The fraction of sp³-hybridized carbons (Fsp3) is 0.917. The van der Waals surface area contributed by atoms with Crippen LogP contribution in [-0.4, -0.2) is 63.0 Å². The van der Waals surface area contributed by atoms with E-state index in [9.17, 15) is 4.79 Å². The maximum Gasteiger partial charge on any atom is 0.221 e. The summed E-state index contributed by atoms with van der Waals surface area (Å²) < 4.78 is 0. The molecule has 16 heavy (non-hydrogen) atoms. The van der Waals surface area contributed by atoms with Crippen molar-refractivity contribution in [2.75, 3.05) is 47.3 Å². The zero-order valence-electron chi connectivity index (χ0n) is 11.3. The van der Waals surface area contributed by atoms with Gasteiger partial charge in [0.1, 0.15) is 0 Å². The summed E-state index contributed by atoms with van der Waals surface area (Å²) in [5.74, 6) is 0.158. The van der Waals surface area contributed by atoms with Crippen LogP contribution in [-0.2, 0) is 4.79 Å². The number of rotatable bonds is 9. The predicted octanol–water partition coefficient (Wildman–Crippen LogP) is 0.786. The molecule has 0 spiro atoms. The second kappa shape index (κ2) is 9.60. The summed E-state index contributed by atoms with van der Waals surface area (Å²) in [6.45, 7) is 5.76. The topological polar surface area (TPSA) is 35.6 Å². The molecule has 0 aromatic carbocycles. The quantitative estimate of drug-likeness (QED) is 0.635. The van der Waals surface area contributed by atoms with E-state index in [1.807, 2.05) is 14.1 Å². The standard InChI is InChI=1S/C12H27N3O/c1-5-6-9-15(4)10-7-12(16)13-8-11-14(2)3/h5-11H2,1-4H3,(H,13,16). The minimum absolute atomic E-state index is 0.158. The normalized spacial score (nSPS) is 11.1. The molecule has 96 valence electrons. The maximum atomic E-state index is 11.4. The second-order valence-corrected chi connectivity index (χ2v) is 4.56. The third kappa shape index (κ3) is 9.93. The Bertz CT molecular complexity index is 183. The molecular formula is C12H27N3O. The first-order valence-corrected chi connectivity index (χ1v) is 6.16. The lowest BCUT2D eigenvalue weighted by Crippen LogP contribution is -2.33. The van der Waals surface area contributed by atoms with Crippen LogP contribution in [0, 0.1) is 0 Å². The Hall–Kier alpha value is -0.610. The molecule has 1 amide bonds. The number of hydrogen-bond acceptors (Lipinski definition) is 3. The predicted molar refractivity (Wildman–Crippen MR) is 68.6 cm³/mol. The van der Waals surface area contributed by atoms with Crippen LogP contribution in [0.15, 0.2) is 0 Å². The molecular weight excluding hydrogens is 202 g/mol. The largest absolute Gasteiger partial charge is 0.355 e. The first-order chi connectivity index (χ1) is 7.56. The highest BCUT2D eigenvalue weighted by Gasteiger charge is 2.03. The van der Waals surface area contributed by atoms with Gasteiger partial charge in [-0.15, -0.1) is 0 Å². The number of unbranched alkanes of at least 4 members (excludes halogenated alkanes) is 1. The minimum Gasteiger partial charge on any atom is -0.355 e. The molecule has 0 heterocycles. The third-order valence-electron chi connectivity index (χ3n) is 2.50. The van der Waals surface area contributed by atoms with Crippen molar-refractivity contribution in [3.63, 3.8) is 0 Å². The summed E-state index contributed by atoms with van der Waals surface area (Å²) in [6.07, 6.45) is 3.02. The molecule has 0 radical (unpaired) electrons. The van der Waals surface area contributed by atoms with Crippen LogP contribution < -0.4 is 5.32 Å². The molecule has 0 aliphatic rings. The van der Waals surface area contributed by atoms with E-state index in [-0.39, 0.29) is 5.91 Å². The van der Waals surface area contributed by atoms with Gasteiger partial charge >= 0.3 is 0 Å². The fourth-order valence-corrected chi connectivity index (χ4v) is 1.34. The molecule has 0 aromatic heterocycles. The lowest BCUT2D eigenvalue weighted by molar-refractivity contribution is -0.121. The van der Waals surface area contributed by atoms with Crippen LogP contribution in [0.5, 0.6) is 0 Å². The number of amides is 1. The third-order valence-corrected chi connectivity index (χ3v) is 2.50. The summed E-state index contributed by atoms with van der Waals surface area (Å²) >= 11 is 0. The summed E-state index contributed by atoms with van der Waals surface area (Å²) in [4.78, 5) is 15.7. The van der Waals surface area contributed by atoms with Crippen molar-refractivity contribution in [2.45, 2.75) is 26.2 Å². The Morgan fingerprint density at radius 1 is 1.12 bits per heavy atom. The highest BCUT2D eigenvalue weighted by Crippen LogP contribution is 1.93. The fourth-order valence-electron chi connectivity index (χ4n) is 1.34. The molecule has 4 nitrogen and oxygen atoms in total. The van der Waals surface area contributed by atoms with Crippen molar-refractivity contribution in [1.29, 1.82) is 0 Å². The average Bonchev–Trinajstić information content (AvgIpc) is 2.23. The van der Waals surface area contributed by atoms with E-state index < -0.39 is 0 Å². The SMILES string of the molecule is CCCCN(C)CCC(=O)NCCN(C)C. The number of nitrogens with zero attached hydrogens (tertiary/aromatic N) is 2. The molecule has 4 heteroatoms. The smallest absolute Gasteiger partial charge is 0.221 e. The van der Waals surface area contributed by atoms with Crippen molar-refractivity contribution >= 4 is 5.91 Å². The first kappa shape index (κ1) is 15.4. The van der Waals surface area contributed by atoms with E-state index >= 15 is 0 Å². The number of carbonyl (C=O) groups is 1. The van der Waals surface area contributed by atoms with Crippen LogP contribution in [0.3, 0.4) is 0 Å². The Kier molecular flexibility index (Phi) is 9.24. The van der Waals surface area contributed by atoms with E-state index in [1.165, 1.54) is 12.8 Å². The van der Waals surface area contributed by atoms with Gasteiger partial charge in [0.25, 0.3) is 0 Å². The van der Waals surface area contributed by atoms with Crippen LogP contribution in [0.25, 0.3) is 0 Å². The maximum absolute atomic E-state index is 11.4. The number of carbonyl (C=O) groups excluding carboxylic acids is 1. The van der Waals surface area contributed by atoms with Crippen molar-refractivity contribution < 1.29 is 4.79 Å². The van der Waals surface area contributed by atoms with Gasteiger partial charge in [0, 0.05) is 26.1 Å². The van der Waals surface area contributed by atoms with Crippen molar-refractivity contribution in [1.82, 2.24) is 15.1 Å². The van der Waals surface area contributed by atoms with Gasteiger partial charge in [-0.1, -0.05) is 13.3 Å². The van der Waals surface area contributed by atoms with Gasteiger partial charge < -0.3 is 15.1 Å². The lowest BCUT2D eigenvalue weighted by atomic mass is 10.3.